The lowest BCUT2D eigenvalue weighted by molar-refractivity contribution is 0.0196. The number of ether oxygens (including phenoxy) is 1. The van der Waals surface area contributed by atoms with Gasteiger partial charge in [-0.15, -0.1) is 16.4 Å². The third kappa shape index (κ3) is 6.19. The summed E-state index contributed by atoms with van der Waals surface area (Å²) in [7, 11) is 0. The van der Waals surface area contributed by atoms with Gasteiger partial charge in [-0.2, -0.15) is 4.68 Å². The highest BCUT2D eigenvalue weighted by Crippen LogP contribution is 2.40. The largest absolute Gasteiger partial charge is 0.444 e. The molecule has 11 nitrogen and oxygen atoms in total. The van der Waals surface area contributed by atoms with Crippen molar-refractivity contribution in [3.63, 3.8) is 0 Å². The zero-order chi connectivity index (χ0) is 35.3. The van der Waals surface area contributed by atoms with E-state index in [4.69, 9.17) is 10.5 Å². The van der Waals surface area contributed by atoms with Crippen LogP contribution >= 0.6 is 11.3 Å². The Labute approximate surface area is 288 Å². The van der Waals surface area contributed by atoms with Crippen LogP contribution in [0, 0.1) is 17.5 Å². The van der Waals surface area contributed by atoms with Gasteiger partial charge in [0.2, 0.25) is 0 Å². The monoisotopic (exact) mass is 700 g/mol. The molecule has 1 atom stereocenters. The van der Waals surface area contributed by atoms with Crippen LogP contribution in [-0.4, -0.2) is 66.6 Å². The Morgan fingerprint density at radius 1 is 1.00 bits per heavy atom. The number of anilines is 2. The second-order valence-corrected chi connectivity index (χ2v) is 14.0. The van der Waals surface area contributed by atoms with Crippen molar-refractivity contribution in [2.24, 2.45) is 0 Å². The first-order valence-corrected chi connectivity index (χ1v) is 16.6. The molecular weight excluding hydrogens is 669 g/mol. The van der Waals surface area contributed by atoms with Crippen molar-refractivity contribution in [3.05, 3.63) is 90.0 Å². The molecule has 0 saturated carbocycles. The molecule has 6 aromatic rings. The first kappa shape index (κ1) is 33.0. The van der Waals surface area contributed by atoms with Crippen LogP contribution in [0.2, 0.25) is 0 Å². The van der Waals surface area contributed by atoms with Crippen LogP contribution in [0.4, 0.5) is 29.5 Å². The fourth-order valence-electron chi connectivity index (χ4n) is 5.98. The van der Waals surface area contributed by atoms with Crippen molar-refractivity contribution in [1.82, 2.24) is 29.9 Å². The number of thiophene rings is 1. The molecule has 1 aliphatic rings. The molecule has 2 amide bonds. The van der Waals surface area contributed by atoms with Gasteiger partial charge in [-0.3, -0.25) is 9.69 Å². The molecule has 5 heterocycles. The molecule has 50 heavy (non-hydrogen) atoms. The zero-order valence-electron chi connectivity index (χ0n) is 27.2. The van der Waals surface area contributed by atoms with Crippen LogP contribution in [0.3, 0.4) is 0 Å². The Morgan fingerprint density at radius 2 is 1.78 bits per heavy atom. The molecule has 0 aliphatic carbocycles. The molecule has 256 valence electrons. The Balaban J connectivity index is 1.31. The van der Waals surface area contributed by atoms with Gasteiger partial charge in [0, 0.05) is 46.5 Å². The molecule has 0 unspecified atom stereocenters. The van der Waals surface area contributed by atoms with E-state index in [0.717, 1.165) is 12.1 Å². The van der Waals surface area contributed by atoms with E-state index in [9.17, 15) is 18.4 Å². The zero-order valence-corrected chi connectivity index (χ0v) is 28.0. The van der Waals surface area contributed by atoms with E-state index in [2.05, 4.69) is 20.3 Å². The minimum absolute atomic E-state index is 0.0976. The van der Waals surface area contributed by atoms with Crippen molar-refractivity contribution in [2.75, 3.05) is 23.7 Å². The minimum atomic E-state index is -0.898. The number of likely N-dealkylation sites (tertiary alicyclic amines) is 1. The summed E-state index contributed by atoms with van der Waals surface area (Å²) >= 11 is 1.24. The number of benzene rings is 2. The number of halogens is 3. The molecule has 1 aliphatic heterocycles. The molecule has 0 spiro atoms. The van der Waals surface area contributed by atoms with Crippen molar-refractivity contribution in [1.29, 1.82) is 0 Å². The number of rotatable bonds is 5. The number of nitrogens with zero attached hydrogens (tertiary/aromatic N) is 7. The van der Waals surface area contributed by atoms with Crippen molar-refractivity contribution in [2.45, 2.75) is 45.3 Å². The summed E-state index contributed by atoms with van der Waals surface area (Å²) in [5.41, 5.74) is 5.44. The van der Waals surface area contributed by atoms with Gasteiger partial charge in [0.15, 0.2) is 5.65 Å². The van der Waals surface area contributed by atoms with Crippen LogP contribution in [0.5, 0.6) is 0 Å². The Hall–Kier alpha value is -5.57. The number of aromatic nitrogens is 5. The number of carbonyl (C=O) groups excluding carboxylic acids is 2. The number of carbonyl (C=O) groups is 2. The fraction of sp³-hybridized carbons (Fsp3) is 0.257. The number of nitrogen functional groups attached to an aromatic ring is 1. The van der Waals surface area contributed by atoms with Gasteiger partial charge in [-0.25, -0.2) is 27.9 Å². The number of fused-ring (bicyclic) bond motifs is 2. The predicted octanol–water partition coefficient (Wildman–Crippen LogP) is 7.14. The lowest BCUT2D eigenvalue weighted by Crippen LogP contribution is -2.53. The van der Waals surface area contributed by atoms with Gasteiger partial charge in [-0.1, -0.05) is 5.21 Å². The molecule has 7 rings (SSSR count). The quantitative estimate of drug-likeness (QED) is 0.188. The second-order valence-electron chi connectivity index (χ2n) is 12.9. The number of amides is 2. The van der Waals surface area contributed by atoms with E-state index >= 15 is 4.39 Å². The molecule has 15 heteroatoms. The summed E-state index contributed by atoms with van der Waals surface area (Å²) in [6.45, 7) is 5.81. The molecule has 1 saturated heterocycles. The van der Waals surface area contributed by atoms with E-state index in [1.54, 1.807) is 57.3 Å². The van der Waals surface area contributed by atoms with Gasteiger partial charge >= 0.3 is 6.09 Å². The number of hydrogen-bond acceptors (Lipinski definition) is 9. The Bertz CT molecular complexity index is 2260. The van der Waals surface area contributed by atoms with Gasteiger partial charge in [0.1, 0.15) is 40.1 Å². The Morgan fingerprint density at radius 3 is 2.52 bits per heavy atom. The van der Waals surface area contributed by atoms with Crippen LogP contribution in [0.25, 0.3) is 37.4 Å². The maximum atomic E-state index is 16.1. The molecule has 2 aromatic carbocycles. The summed E-state index contributed by atoms with van der Waals surface area (Å²) in [5, 5.41) is 8.68. The number of piperidine rings is 1. The molecule has 2 N–H and O–H groups in total. The third-order valence-electron chi connectivity index (χ3n) is 8.28. The topological polar surface area (TPSA) is 132 Å². The summed E-state index contributed by atoms with van der Waals surface area (Å²) in [4.78, 5) is 40.0. The van der Waals surface area contributed by atoms with Gasteiger partial charge in [0.25, 0.3) is 5.91 Å². The highest BCUT2D eigenvalue weighted by atomic mass is 32.1. The van der Waals surface area contributed by atoms with E-state index in [1.165, 1.54) is 44.1 Å². The average Bonchev–Trinajstić information content (AvgIpc) is 3.72. The summed E-state index contributed by atoms with van der Waals surface area (Å²) in [6.07, 6.45) is 3.57. The van der Waals surface area contributed by atoms with E-state index in [0.29, 0.717) is 51.2 Å². The van der Waals surface area contributed by atoms with Crippen molar-refractivity contribution < 1.29 is 27.5 Å². The van der Waals surface area contributed by atoms with E-state index < -0.39 is 46.8 Å². The molecular formula is C35H31F3N8O3S. The smallest absolute Gasteiger partial charge is 0.410 e. The molecule has 1 fully saturated rings. The highest BCUT2D eigenvalue weighted by molar-refractivity contribution is 7.22. The molecule has 4 aromatic heterocycles. The van der Waals surface area contributed by atoms with E-state index in [-0.39, 0.29) is 23.5 Å². The van der Waals surface area contributed by atoms with Gasteiger partial charge in [-0.05, 0) is 87.7 Å². The predicted molar refractivity (Wildman–Crippen MR) is 184 cm³/mol. The maximum Gasteiger partial charge on any atom is 0.410 e. The van der Waals surface area contributed by atoms with Crippen molar-refractivity contribution in [3.8, 4) is 16.1 Å². The van der Waals surface area contributed by atoms with Gasteiger partial charge in [0.05, 0.1) is 17.3 Å². The fourth-order valence-corrected chi connectivity index (χ4v) is 7.02. The lowest BCUT2D eigenvalue weighted by atomic mass is 10.0. The van der Waals surface area contributed by atoms with Crippen molar-refractivity contribution >= 4 is 56.1 Å². The SMILES string of the molecule is CC(C)(C)OC(=O)N1CCC[C@@H](N(C(=O)c2ccc(-n3nnc4cccnc43)cc2F)c2nccc3sc(-c4cc(F)c(N)c(F)c4)cc23)C1. The standard InChI is InChI=1S/C35H31F3N8O3S/c1-35(2,3)49-34(48)44-13-5-6-21(18-44)45(31-23-17-29(50-28(23)10-12-41-31)19-14-25(37)30(39)26(38)15-19)33(47)22-9-8-20(16-24(22)36)46-32-27(42-43-46)7-4-11-40-32/h4,7-12,14-17,21H,5-6,13,18,39H2,1-3H3/t21-/m1/s1. The van der Waals surface area contributed by atoms with E-state index in [1.807, 2.05) is 0 Å². The summed E-state index contributed by atoms with van der Waals surface area (Å²) < 4.78 is 52.6. The normalized spacial score (nSPS) is 15.1. The van der Waals surface area contributed by atoms with Crippen LogP contribution in [-0.2, 0) is 4.74 Å². The van der Waals surface area contributed by atoms with Crippen LogP contribution in [0.1, 0.15) is 44.0 Å². The number of nitrogens with two attached hydrogens (primary N) is 1. The number of pyridine rings is 2. The molecule has 0 bridgehead atoms. The van der Waals surface area contributed by atoms with Crippen LogP contribution in [0.15, 0.2) is 67.0 Å². The first-order valence-electron chi connectivity index (χ1n) is 15.8. The van der Waals surface area contributed by atoms with Crippen LogP contribution < -0.4 is 10.6 Å². The molecule has 0 radical (unpaired) electrons. The Kier molecular flexibility index (Phi) is 8.38. The number of hydrogen-bond donors (Lipinski definition) is 1. The average molecular weight is 701 g/mol. The highest BCUT2D eigenvalue weighted by Gasteiger charge is 2.36. The lowest BCUT2D eigenvalue weighted by Gasteiger charge is -2.39. The first-order chi connectivity index (χ1) is 23.9. The van der Waals surface area contributed by atoms with Gasteiger partial charge < -0.3 is 15.4 Å². The second kappa shape index (κ2) is 12.7. The third-order valence-corrected chi connectivity index (χ3v) is 9.43. The minimum Gasteiger partial charge on any atom is -0.444 e. The maximum absolute atomic E-state index is 16.1. The summed E-state index contributed by atoms with van der Waals surface area (Å²) in [6, 6.07) is 12.6. The summed E-state index contributed by atoms with van der Waals surface area (Å²) in [5.74, 6) is -3.10.